The number of nitrogens with zero attached hydrogens (tertiary/aromatic N) is 1. The van der Waals surface area contributed by atoms with Crippen LogP contribution in [0.3, 0.4) is 0 Å². The van der Waals surface area contributed by atoms with Crippen LogP contribution in [0.25, 0.3) is 6.08 Å². The summed E-state index contributed by atoms with van der Waals surface area (Å²) >= 11 is 5.79. The maximum absolute atomic E-state index is 12.0. The van der Waals surface area contributed by atoms with Crippen LogP contribution in [0, 0.1) is 11.3 Å². The van der Waals surface area contributed by atoms with Gasteiger partial charge in [-0.25, -0.2) is 4.79 Å². The highest BCUT2D eigenvalue weighted by atomic mass is 35.5. The highest BCUT2D eigenvalue weighted by molar-refractivity contribution is 6.30. The van der Waals surface area contributed by atoms with Gasteiger partial charge in [0.1, 0.15) is 36.4 Å². The molecule has 0 saturated heterocycles. The van der Waals surface area contributed by atoms with E-state index in [0.717, 1.165) is 5.75 Å². The van der Waals surface area contributed by atoms with E-state index in [2.05, 4.69) is 0 Å². The number of esters is 1. The molecule has 0 aliphatic rings. The van der Waals surface area contributed by atoms with Crippen molar-refractivity contribution in [2.45, 2.75) is 6.92 Å². The number of hydrogen-bond acceptors (Lipinski definition) is 5. The van der Waals surface area contributed by atoms with Gasteiger partial charge in [-0.3, -0.25) is 0 Å². The minimum atomic E-state index is -0.693. The first-order valence-corrected chi connectivity index (χ1v) is 8.40. The number of carbonyl (C=O) groups excluding carboxylic acids is 1. The number of hydrogen-bond donors (Lipinski definition) is 0. The summed E-state index contributed by atoms with van der Waals surface area (Å²) in [5, 5.41) is 9.78. The van der Waals surface area contributed by atoms with E-state index in [4.69, 9.17) is 31.1 Å². The Labute approximate surface area is 157 Å². The number of nitriles is 1. The third-order valence-corrected chi connectivity index (χ3v) is 3.49. The summed E-state index contributed by atoms with van der Waals surface area (Å²) in [5.74, 6) is 0.655. The van der Waals surface area contributed by atoms with Gasteiger partial charge >= 0.3 is 5.97 Å². The second kappa shape index (κ2) is 10.1. The Kier molecular flexibility index (Phi) is 7.53. The van der Waals surface area contributed by atoms with E-state index in [1.54, 1.807) is 48.5 Å². The molecule has 26 heavy (non-hydrogen) atoms. The van der Waals surface area contributed by atoms with Gasteiger partial charge in [0.15, 0.2) is 0 Å². The molecular weight excluding hydrogens is 354 g/mol. The van der Waals surface area contributed by atoms with E-state index in [0.29, 0.717) is 22.9 Å². The quantitative estimate of drug-likeness (QED) is 0.300. The third-order valence-electron chi connectivity index (χ3n) is 3.24. The molecule has 0 fully saturated rings. The van der Waals surface area contributed by atoms with Crippen molar-refractivity contribution in [1.82, 2.24) is 0 Å². The van der Waals surface area contributed by atoms with Gasteiger partial charge in [0.05, 0.1) is 6.61 Å². The lowest BCUT2D eigenvalue weighted by Gasteiger charge is -2.07. The smallest absolute Gasteiger partial charge is 0.349 e. The molecule has 0 bridgehead atoms. The molecule has 0 atom stereocenters. The van der Waals surface area contributed by atoms with E-state index in [9.17, 15) is 4.79 Å². The van der Waals surface area contributed by atoms with Crippen molar-refractivity contribution in [3.05, 3.63) is 64.7 Å². The van der Waals surface area contributed by atoms with Crippen molar-refractivity contribution in [2.75, 3.05) is 19.8 Å². The molecule has 0 aliphatic heterocycles. The predicted molar refractivity (Wildman–Crippen MR) is 99.1 cm³/mol. The lowest BCUT2D eigenvalue weighted by molar-refractivity contribution is -0.139. The molecule has 0 spiro atoms. The maximum atomic E-state index is 12.0. The zero-order valence-electron chi connectivity index (χ0n) is 14.3. The predicted octanol–water partition coefficient (Wildman–Crippen LogP) is 4.27. The van der Waals surface area contributed by atoms with Crippen LogP contribution < -0.4 is 9.47 Å². The van der Waals surface area contributed by atoms with Crippen molar-refractivity contribution in [3.63, 3.8) is 0 Å². The van der Waals surface area contributed by atoms with Crippen LogP contribution in [0.15, 0.2) is 54.1 Å². The number of carbonyl (C=O) groups is 1. The van der Waals surface area contributed by atoms with Gasteiger partial charge in [0, 0.05) is 5.02 Å². The van der Waals surface area contributed by atoms with Crippen molar-refractivity contribution in [1.29, 1.82) is 5.26 Å². The molecule has 0 radical (unpaired) electrons. The Bertz CT molecular complexity index is 792. The van der Waals surface area contributed by atoms with Crippen molar-refractivity contribution in [2.24, 2.45) is 0 Å². The largest absolute Gasteiger partial charge is 0.494 e. The summed E-state index contributed by atoms with van der Waals surface area (Å²) in [6.07, 6.45) is 1.47. The molecular formula is C20H18ClNO4. The van der Waals surface area contributed by atoms with E-state index in [1.165, 1.54) is 6.08 Å². The van der Waals surface area contributed by atoms with Gasteiger partial charge in [-0.1, -0.05) is 23.7 Å². The Balaban J connectivity index is 1.85. The molecule has 0 heterocycles. The fourth-order valence-electron chi connectivity index (χ4n) is 2.03. The first kappa shape index (κ1) is 19.4. The molecule has 0 unspecified atom stereocenters. The monoisotopic (exact) mass is 371 g/mol. The summed E-state index contributed by atoms with van der Waals surface area (Å²) in [4.78, 5) is 12.0. The van der Waals surface area contributed by atoms with Gasteiger partial charge in [0.25, 0.3) is 0 Å². The average Bonchev–Trinajstić information content (AvgIpc) is 2.66. The second-order valence-electron chi connectivity index (χ2n) is 5.11. The molecule has 0 amide bonds. The Morgan fingerprint density at radius 2 is 1.65 bits per heavy atom. The van der Waals surface area contributed by atoms with Gasteiger partial charge in [0.2, 0.25) is 0 Å². The third kappa shape index (κ3) is 6.15. The van der Waals surface area contributed by atoms with Crippen LogP contribution >= 0.6 is 11.6 Å². The Morgan fingerprint density at radius 1 is 1.04 bits per heavy atom. The Morgan fingerprint density at radius 3 is 2.27 bits per heavy atom. The number of rotatable bonds is 8. The molecule has 5 nitrogen and oxygen atoms in total. The molecule has 0 aromatic heterocycles. The molecule has 2 aromatic carbocycles. The van der Waals surface area contributed by atoms with Crippen molar-refractivity contribution in [3.8, 4) is 17.6 Å². The van der Waals surface area contributed by atoms with Crippen LogP contribution in [0.2, 0.25) is 5.02 Å². The summed E-state index contributed by atoms with van der Waals surface area (Å²) in [5.41, 5.74) is 0.625. The first-order valence-electron chi connectivity index (χ1n) is 8.02. The molecule has 0 aliphatic carbocycles. The van der Waals surface area contributed by atoms with E-state index in [-0.39, 0.29) is 18.8 Å². The zero-order chi connectivity index (χ0) is 18.8. The van der Waals surface area contributed by atoms with Gasteiger partial charge in [-0.2, -0.15) is 5.26 Å². The summed E-state index contributed by atoms with van der Waals surface area (Å²) in [6, 6.07) is 15.8. The standard InChI is InChI=1S/C20H18ClNO4/c1-2-24-18-7-3-15(4-8-18)13-16(14-22)20(23)26-12-11-25-19-9-5-17(21)6-10-19/h3-10,13H,2,11-12H2,1H3/b16-13+. The summed E-state index contributed by atoms with van der Waals surface area (Å²) < 4.78 is 15.8. The molecule has 2 aromatic rings. The molecule has 134 valence electrons. The topological polar surface area (TPSA) is 68.5 Å². The lowest BCUT2D eigenvalue weighted by Crippen LogP contribution is -2.13. The van der Waals surface area contributed by atoms with Crippen LogP contribution in [-0.4, -0.2) is 25.8 Å². The lowest BCUT2D eigenvalue weighted by atomic mass is 10.1. The maximum Gasteiger partial charge on any atom is 0.349 e. The SMILES string of the molecule is CCOc1ccc(/C=C(\C#N)C(=O)OCCOc2ccc(Cl)cc2)cc1. The highest BCUT2D eigenvalue weighted by Crippen LogP contribution is 2.16. The van der Waals surface area contributed by atoms with Crippen LogP contribution in [-0.2, 0) is 9.53 Å². The fraction of sp³-hybridized carbons (Fsp3) is 0.200. The van der Waals surface area contributed by atoms with Crippen LogP contribution in [0.4, 0.5) is 0 Å². The van der Waals surface area contributed by atoms with Crippen molar-refractivity contribution < 1.29 is 19.0 Å². The first-order chi connectivity index (χ1) is 12.6. The normalized spacial score (nSPS) is 10.7. The zero-order valence-corrected chi connectivity index (χ0v) is 15.0. The second-order valence-corrected chi connectivity index (χ2v) is 5.55. The average molecular weight is 372 g/mol. The molecule has 0 N–H and O–H groups in total. The van der Waals surface area contributed by atoms with Crippen molar-refractivity contribution >= 4 is 23.6 Å². The minimum absolute atomic E-state index is 0.0315. The summed E-state index contributed by atoms with van der Waals surface area (Å²) in [6.45, 7) is 2.68. The van der Waals surface area contributed by atoms with E-state index < -0.39 is 5.97 Å². The number of halogens is 1. The van der Waals surface area contributed by atoms with Gasteiger partial charge in [-0.05, 0) is 55.0 Å². The number of ether oxygens (including phenoxy) is 3. The highest BCUT2D eigenvalue weighted by Gasteiger charge is 2.10. The van der Waals surface area contributed by atoms with Gasteiger partial charge in [-0.15, -0.1) is 0 Å². The fourth-order valence-corrected chi connectivity index (χ4v) is 2.16. The number of benzene rings is 2. The minimum Gasteiger partial charge on any atom is -0.494 e. The van der Waals surface area contributed by atoms with E-state index >= 15 is 0 Å². The van der Waals surface area contributed by atoms with Crippen LogP contribution in [0.1, 0.15) is 12.5 Å². The molecule has 2 rings (SSSR count). The molecule has 0 saturated carbocycles. The van der Waals surface area contributed by atoms with Gasteiger partial charge < -0.3 is 14.2 Å². The Hall–Kier alpha value is -2.97. The van der Waals surface area contributed by atoms with Crippen LogP contribution in [0.5, 0.6) is 11.5 Å². The summed E-state index contributed by atoms with van der Waals surface area (Å²) in [7, 11) is 0. The van der Waals surface area contributed by atoms with E-state index in [1.807, 2.05) is 13.0 Å². The molecule has 6 heteroatoms.